The second-order valence-corrected chi connectivity index (χ2v) is 6.29. The third-order valence-electron chi connectivity index (χ3n) is 4.26. The molecule has 5 nitrogen and oxygen atoms in total. The van der Waals surface area contributed by atoms with Crippen molar-refractivity contribution >= 4 is 17.5 Å². The molecule has 120 valence electrons. The Labute approximate surface area is 135 Å². The number of hydrogen-bond acceptors (Lipinski definition) is 4. The van der Waals surface area contributed by atoms with E-state index >= 15 is 0 Å². The zero-order valence-electron chi connectivity index (χ0n) is 12.7. The Kier molecular flexibility index (Phi) is 4.74. The first-order valence-electron chi connectivity index (χ1n) is 7.71. The van der Waals surface area contributed by atoms with Crippen molar-refractivity contribution in [1.29, 1.82) is 0 Å². The van der Waals surface area contributed by atoms with Crippen LogP contribution in [0.2, 0.25) is 5.02 Å². The Morgan fingerprint density at radius 2 is 2.18 bits per heavy atom. The van der Waals surface area contributed by atoms with Crippen molar-refractivity contribution in [2.75, 3.05) is 26.3 Å². The van der Waals surface area contributed by atoms with Crippen LogP contribution in [0.1, 0.15) is 18.9 Å². The summed E-state index contributed by atoms with van der Waals surface area (Å²) < 4.78 is 11.3. The molecule has 0 spiro atoms. The van der Waals surface area contributed by atoms with Gasteiger partial charge in [0.2, 0.25) is 5.91 Å². The van der Waals surface area contributed by atoms with Crippen molar-refractivity contribution in [3.8, 4) is 11.5 Å². The molecule has 1 aromatic rings. The molecule has 2 aliphatic heterocycles. The molecular formula is C16H21ClN2O3. The lowest BCUT2D eigenvalue weighted by Gasteiger charge is -2.31. The molecule has 0 bridgehead atoms. The number of benzene rings is 1. The highest BCUT2D eigenvalue weighted by Crippen LogP contribution is 2.37. The predicted molar refractivity (Wildman–Crippen MR) is 84.4 cm³/mol. The maximum Gasteiger partial charge on any atom is 0.223 e. The normalized spacial score (nSPS) is 19.0. The highest BCUT2D eigenvalue weighted by Gasteiger charge is 2.28. The lowest BCUT2D eigenvalue weighted by atomic mass is 9.88. The smallest absolute Gasteiger partial charge is 0.223 e. The van der Waals surface area contributed by atoms with Crippen LogP contribution in [0.15, 0.2) is 12.1 Å². The zero-order chi connectivity index (χ0) is 15.5. The van der Waals surface area contributed by atoms with Gasteiger partial charge in [0.25, 0.3) is 0 Å². The molecule has 1 unspecified atom stereocenters. The minimum Gasteiger partial charge on any atom is -0.489 e. The Hall–Kier alpha value is -1.46. The fourth-order valence-corrected chi connectivity index (χ4v) is 2.90. The first kappa shape index (κ1) is 15.4. The summed E-state index contributed by atoms with van der Waals surface area (Å²) in [5, 5.41) is 6.69. The molecule has 0 aliphatic carbocycles. The fraction of sp³-hybridized carbons (Fsp3) is 0.562. The first-order chi connectivity index (χ1) is 10.6. The van der Waals surface area contributed by atoms with E-state index in [1.54, 1.807) is 0 Å². The van der Waals surface area contributed by atoms with Crippen molar-refractivity contribution in [2.24, 2.45) is 11.8 Å². The highest BCUT2D eigenvalue weighted by atomic mass is 35.5. The van der Waals surface area contributed by atoms with Gasteiger partial charge in [0, 0.05) is 18.9 Å². The van der Waals surface area contributed by atoms with Crippen molar-refractivity contribution in [3.63, 3.8) is 0 Å². The molecule has 6 heteroatoms. The second-order valence-electron chi connectivity index (χ2n) is 5.88. The van der Waals surface area contributed by atoms with E-state index in [1.165, 1.54) is 0 Å². The number of rotatable bonds is 4. The number of amides is 1. The van der Waals surface area contributed by atoms with E-state index < -0.39 is 0 Å². The number of carbonyl (C=O) groups excluding carboxylic acids is 1. The summed E-state index contributed by atoms with van der Waals surface area (Å²) in [6.07, 6.45) is 0.837. The fourth-order valence-electron chi connectivity index (χ4n) is 2.62. The summed E-state index contributed by atoms with van der Waals surface area (Å²) in [4.78, 5) is 12.2. The van der Waals surface area contributed by atoms with Crippen LogP contribution in [0.3, 0.4) is 0 Å². The van der Waals surface area contributed by atoms with Gasteiger partial charge in [0.05, 0.1) is 18.2 Å². The van der Waals surface area contributed by atoms with E-state index in [-0.39, 0.29) is 11.8 Å². The molecular weight excluding hydrogens is 304 g/mol. The lowest BCUT2D eigenvalue weighted by Crippen LogP contribution is -2.49. The third-order valence-corrected chi connectivity index (χ3v) is 4.54. The largest absolute Gasteiger partial charge is 0.489 e. The molecule has 2 heterocycles. The standard InChI is InChI=1S/C16H21ClN2O3/c1-10(12-8-18-9-12)16(20)19-7-11-5-13(17)15-14(6-11)21-3-2-4-22-15/h5-6,10,12,18H,2-4,7-9H2,1H3,(H,19,20). The number of halogens is 1. The molecule has 1 atom stereocenters. The Bertz CT molecular complexity index is 561. The van der Waals surface area contributed by atoms with Crippen LogP contribution < -0.4 is 20.1 Å². The number of fused-ring (bicyclic) bond motifs is 1. The van der Waals surface area contributed by atoms with Crippen LogP contribution in [-0.4, -0.2) is 32.2 Å². The SMILES string of the molecule is CC(C(=O)NCc1cc(Cl)c2c(c1)OCCCO2)C1CNC1. The van der Waals surface area contributed by atoms with E-state index in [1.807, 2.05) is 19.1 Å². The van der Waals surface area contributed by atoms with E-state index in [0.717, 1.165) is 25.1 Å². The number of nitrogens with one attached hydrogen (secondary N) is 2. The van der Waals surface area contributed by atoms with Crippen LogP contribution >= 0.6 is 11.6 Å². The molecule has 1 saturated heterocycles. The maximum atomic E-state index is 12.2. The first-order valence-corrected chi connectivity index (χ1v) is 8.09. The maximum absolute atomic E-state index is 12.2. The second kappa shape index (κ2) is 6.75. The van der Waals surface area contributed by atoms with Gasteiger partial charge in [0.1, 0.15) is 0 Å². The average molecular weight is 325 g/mol. The molecule has 0 radical (unpaired) electrons. The molecule has 1 amide bonds. The molecule has 1 fully saturated rings. The lowest BCUT2D eigenvalue weighted by molar-refractivity contribution is -0.126. The van der Waals surface area contributed by atoms with Crippen LogP contribution in [0.25, 0.3) is 0 Å². The van der Waals surface area contributed by atoms with Gasteiger partial charge < -0.3 is 20.1 Å². The van der Waals surface area contributed by atoms with Gasteiger partial charge in [-0.25, -0.2) is 0 Å². The Balaban J connectivity index is 1.64. The van der Waals surface area contributed by atoms with Crippen molar-refractivity contribution in [2.45, 2.75) is 19.9 Å². The van der Waals surface area contributed by atoms with Gasteiger partial charge in [-0.05, 0) is 36.7 Å². The summed E-state index contributed by atoms with van der Waals surface area (Å²) in [5.41, 5.74) is 0.918. The molecule has 2 N–H and O–H groups in total. The molecule has 1 aromatic carbocycles. The average Bonchev–Trinajstić information content (AvgIpc) is 2.68. The Morgan fingerprint density at radius 3 is 2.91 bits per heavy atom. The van der Waals surface area contributed by atoms with Gasteiger partial charge in [-0.3, -0.25) is 4.79 Å². The van der Waals surface area contributed by atoms with Gasteiger partial charge in [-0.2, -0.15) is 0 Å². The van der Waals surface area contributed by atoms with Crippen molar-refractivity contribution in [3.05, 3.63) is 22.7 Å². The predicted octanol–water partition coefficient (Wildman–Crippen LogP) is 1.97. The quantitative estimate of drug-likeness (QED) is 0.889. The summed E-state index contributed by atoms with van der Waals surface area (Å²) in [6.45, 7) is 5.48. The molecule has 0 saturated carbocycles. The zero-order valence-corrected chi connectivity index (χ0v) is 13.4. The van der Waals surface area contributed by atoms with Gasteiger partial charge in [-0.15, -0.1) is 0 Å². The monoisotopic (exact) mass is 324 g/mol. The number of hydrogen-bond donors (Lipinski definition) is 2. The summed E-state index contributed by atoms with van der Waals surface area (Å²) >= 11 is 6.25. The van der Waals surface area contributed by atoms with E-state index in [0.29, 0.717) is 42.2 Å². The highest BCUT2D eigenvalue weighted by molar-refractivity contribution is 6.32. The van der Waals surface area contributed by atoms with Gasteiger partial charge >= 0.3 is 0 Å². The van der Waals surface area contributed by atoms with Crippen LogP contribution in [0, 0.1) is 11.8 Å². The van der Waals surface area contributed by atoms with Crippen molar-refractivity contribution in [1.82, 2.24) is 10.6 Å². The minimum absolute atomic E-state index is 0.0251. The number of ether oxygens (including phenoxy) is 2. The van der Waals surface area contributed by atoms with E-state index in [9.17, 15) is 4.79 Å². The summed E-state index contributed by atoms with van der Waals surface area (Å²) in [7, 11) is 0. The summed E-state index contributed by atoms with van der Waals surface area (Å²) in [5.74, 6) is 1.80. The topological polar surface area (TPSA) is 59.6 Å². The van der Waals surface area contributed by atoms with E-state index in [4.69, 9.17) is 21.1 Å². The van der Waals surface area contributed by atoms with Gasteiger partial charge in [0.15, 0.2) is 11.5 Å². The van der Waals surface area contributed by atoms with Crippen molar-refractivity contribution < 1.29 is 14.3 Å². The third kappa shape index (κ3) is 3.31. The molecule has 3 rings (SSSR count). The van der Waals surface area contributed by atoms with Crippen LogP contribution in [0.5, 0.6) is 11.5 Å². The number of carbonyl (C=O) groups is 1. The van der Waals surface area contributed by atoms with Crippen LogP contribution in [0.4, 0.5) is 0 Å². The summed E-state index contributed by atoms with van der Waals surface area (Å²) in [6, 6.07) is 3.72. The van der Waals surface area contributed by atoms with E-state index in [2.05, 4.69) is 10.6 Å². The molecule has 0 aromatic heterocycles. The molecule has 2 aliphatic rings. The van der Waals surface area contributed by atoms with Gasteiger partial charge in [-0.1, -0.05) is 18.5 Å². The molecule has 22 heavy (non-hydrogen) atoms. The Morgan fingerprint density at radius 1 is 1.41 bits per heavy atom. The minimum atomic E-state index is 0.0251. The van der Waals surface area contributed by atoms with Crippen LogP contribution in [-0.2, 0) is 11.3 Å².